The van der Waals surface area contributed by atoms with E-state index in [9.17, 15) is 0 Å². The number of pyridine rings is 1. The molecule has 3 aromatic rings. The number of hydrogen-bond donors (Lipinski definition) is 1. The van der Waals surface area contributed by atoms with Crippen molar-refractivity contribution in [2.45, 2.75) is 6.92 Å². The second kappa shape index (κ2) is 7.89. The zero-order chi connectivity index (χ0) is 18.0. The Labute approximate surface area is 168 Å². The second-order valence-electron chi connectivity index (χ2n) is 4.94. The summed E-state index contributed by atoms with van der Waals surface area (Å²) in [4.78, 5) is 8.49. The van der Waals surface area contributed by atoms with Gasteiger partial charge in [0.05, 0.1) is 27.1 Å². The van der Waals surface area contributed by atoms with Crippen LogP contribution in [0.2, 0.25) is 20.4 Å². The number of hydrogen-bond acceptors (Lipinski definition) is 5. The van der Waals surface area contributed by atoms with Crippen LogP contribution < -0.4 is 5.43 Å². The van der Waals surface area contributed by atoms with Crippen molar-refractivity contribution in [2.75, 3.05) is 5.43 Å². The van der Waals surface area contributed by atoms with Gasteiger partial charge in [-0.15, -0.1) is 11.3 Å². The van der Waals surface area contributed by atoms with Crippen LogP contribution >= 0.6 is 57.7 Å². The van der Waals surface area contributed by atoms with Gasteiger partial charge in [0.2, 0.25) is 0 Å². The first-order valence-corrected chi connectivity index (χ1v) is 9.37. The lowest BCUT2D eigenvalue weighted by Crippen LogP contribution is -2.01. The summed E-state index contributed by atoms with van der Waals surface area (Å²) in [7, 11) is 0. The number of nitrogens with zero attached hydrogens (tertiary/aromatic N) is 3. The molecule has 0 amide bonds. The molecule has 1 N–H and O–H groups in total. The van der Waals surface area contributed by atoms with Crippen LogP contribution in [0.1, 0.15) is 12.6 Å². The Morgan fingerprint density at radius 1 is 1.04 bits per heavy atom. The summed E-state index contributed by atoms with van der Waals surface area (Å²) in [5, 5.41) is 8.59. The maximum Gasteiger partial charge on any atom is 0.131 e. The molecule has 128 valence electrons. The molecular formula is C16H10Cl4N4S. The number of aromatic nitrogens is 2. The molecule has 0 saturated carbocycles. The van der Waals surface area contributed by atoms with Gasteiger partial charge in [-0.3, -0.25) is 5.43 Å². The van der Waals surface area contributed by atoms with E-state index >= 15 is 0 Å². The highest BCUT2D eigenvalue weighted by Crippen LogP contribution is 2.30. The van der Waals surface area contributed by atoms with Crippen molar-refractivity contribution in [3.8, 4) is 10.6 Å². The van der Waals surface area contributed by atoms with Crippen molar-refractivity contribution in [1.82, 2.24) is 9.97 Å². The number of rotatable bonds is 4. The van der Waals surface area contributed by atoms with Crippen LogP contribution in [0.25, 0.3) is 10.6 Å². The average molecular weight is 432 g/mol. The van der Waals surface area contributed by atoms with E-state index in [1.54, 1.807) is 30.3 Å². The van der Waals surface area contributed by atoms with E-state index in [-0.39, 0.29) is 0 Å². The summed E-state index contributed by atoms with van der Waals surface area (Å²) in [6, 6.07) is 8.66. The molecule has 0 aliphatic rings. The summed E-state index contributed by atoms with van der Waals surface area (Å²) in [6.07, 6.45) is 0. The van der Waals surface area contributed by atoms with Gasteiger partial charge in [-0.25, -0.2) is 9.97 Å². The van der Waals surface area contributed by atoms with Gasteiger partial charge < -0.3 is 0 Å². The first-order chi connectivity index (χ1) is 11.9. The summed E-state index contributed by atoms with van der Waals surface area (Å²) >= 11 is 25.6. The minimum Gasteiger partial charge on any atom is -0.275 e. The largest absolute Gasteiger partial charge is 0.275 e. The van der Waals surface area contributed by atoms with E-state index in [2.05, 4.69) is 20.5 Å². The third-order valence-electron chi connectivity index (χ3n) is 3.18. The maximum atomic E-state index is 6.11. The lowest BCUT2D eigenvalue weighted by Gasteiger charge is -2.06. The minimum atomic E-state index is 0.319. The molecule has 3 rings (SSSR count). The molecule has 0 unspecified atom stereocenters. The van der Waals surface area contributed by atoms with Crippen molar-refractivity contribution >= 4 is 69.1 Å². The molecule has 2 aromatic heterocycles. The van der Waals surface area contributed by atoms with Gasteiger partial charge in [-0.05, 0) is 31.2 Å². The average Bonchev–Trinajstić information content (AvgIpc) is 3.03. The van der Waals surface area contributed by atoms with Crippen LogP contribution in [0.3, 0.4) is 0 Å². The van der Waals surface area contributed by atoms with Crippen molar-refractivity contribution in [3.63, 3.8) is 0 Å². The van der Waals surface area contributed by atoms with Crippen LogP contribution in [0.4, 0.5) is 5.69 Å². The third kappa shape index (κ3) is 4.43. The lowest BCUT2D eigenvalue weighted by molar-refractivity contribution is 1.28. The molecule has 2 heterocycles. The SMILES string of the molecule is CC(=NNc1c(Cl)cccc1Cl)c1csc(-c2cc(Cl)nc(Cl)c2)n1. The van der Waals surface area contributed by atoms with Crippen LogP contribution in [0, 0.1) is 0 Å². The van der Waals surface area contributed by atoms with Crippen molar-refractivity contribution in [3.05, 3.63) is 61.8 Å². The van der Waals surface area contributed by atoms with E-state index in [0.717, 1.165) is 16.3 Å². The van der Waals surface area contributed by atoms with Gasteiger partial charge in [0, 0.05) is 10.9 Å². The smallest absolute Gasteiger partial charge is 0.131 e. The Morgan fingerprint density at radius 2 is 1.68 bits per heavy atom. The molecule has 1 aromatic carbocycles. The molecule has 0 atom stereocenters. The molecule has 0 aliphatic heterocycles. The topological polar surface area (TPSA) is 50.2 Å². The van der Waals surface area contributed by atoms with Crippen LogP contribution in [-0.2, 0) is 0 Å². The number of benzene rings is 1. The molecule has 4 nitrogen and oxygen atoms in total. The van der Waals surface area contributed by atoms with Gasteiger partial charge in [-0.2, -0.15) is 5.10 Å². The molecule has 0 radical (unpaired) electrons. The summed E-state index contributed by atoms with van der Waals surface area (Å²) in [5.41, 5.74) is 5.64. The molecule has 25 heavy (non-hydrogen) atoms. The fourth-order valence-corrected chi connectivity index (χ4v) is 3.76. The Kier molecular flexibility index (Phi) is 5.81. The predicted molar refractivity (Wildman–Crippen MR) is 108 cm³/mol. The van der Waals surface area contributed by atoms with E-state index in [1.807, 2.05) is 12.3 Å². The van der Waals surface area contributed by atoms with Gasteiger partial charge in [-0.1, -0.05) is 52.5 Å². The fraction of sp³-hybridized carbons (Fsp3) is 0.0625. The van der Waals surface area contributed by atoms with Gasteiger partial charge in [0.25, 0.3) is 0 Å². The van der Waals surface area contributed by atoms with E-state index in [0.29, 0.717) is 31.8 Å². The van der Waals surface area contributed by atoms with Crippen LogP contribution in [0.15, 0.2) is 40.8 Å². The zero-order valence-corrected chi connectivity index (χ0v) is 16.6. The number of nitrogens with one attached hydrogen (secondary N) is 1. The van der Waals surface area contributed by atoms with Crippen molar-refractivity contribution < 1.29 is 0 Å². The van der Waals surface area contributed by atoms with E-state index in [4.69, 9.17) is 46.4 Å². The molecule has 0 spiro atoms. The zero-order valence-electron chi connectivity index (χ0n) is 12.7. The molecule has 0 aliphatic carbocycles. The normalized spacial score (nSPS) is 11.6. The second-order valence-corrected chi connectivity index (χ2v) is 7.39. The number of anilines is 1. The summed E-state index contributed by atoms with van der Waals surface area (Å²) in [5.74, 6) is 0. The standard InChI is InChI=1S/C16H10Cl4N4S/c1-8(23-24-15-10(17)3-2-4-11(15)18)12-7-25-16(21-12)9-5-13(19)22-14(20)6-9/h2-7,24H,1H3. The van der Waals surface area contributed by atoms with E-state index in [1.165, 1.54) is 11.3 Å². The van der Waals surface area contributed by atoms with E-state index < -0.39 is 0 Å². The van der Waals surface area contributed by atoms with Crippen LogP contribution in [0.5, 0.6) is 0 Å². The van der Waals surface area contributed by atoms with Crippen molar-refractivity contribution in [1.29, 1.82) is 0 Å². The highest BCUT2D eigenvalue weighted by molar-refractivity contribution is 7.13. The fourth-order valence-electron chi connectivity index (χ4n) is 1.96. The molecular weight excluding hydrogens is 422 g/mol. The molecule has 0 bridgehead atoms. The van der Waals surface area contributed by atoms with Gasteiger partial charge in [0.15, 0.2) is 0 Å². The third-order valence-corrected chi connectivity index (χ3v) is 5.09. The molecule has 9 heteroatoms. The quantitative estimate of drug-likeness (QED) is 0.285. The molecule has 0 fully saturated rings. The number of para-hydroxylation sites is 1. The molecule has 0 saturated heterocycles. The summed E-state index contributed by atoms with van der Waals surface area (Å²) in [6.45, 7) is 1.84. The number of thiazole rings is 1. The Morgan fingerprint density at radius 3 is 2.32 bits per heavy atom. The van der Waals surface area contributed by atoms with Gasteiger partial charge >= 0.3 is 0 Å². The maximum absolute atomic E-state index is 6.11. The highest BCUT2D eigenvalue weighted by Gasteiger charge is 2.10. The highest BCUT2D eigenvalue weighted by atomic mass is 35.5. The summed E-state index contributed by atoms with van der Waals surface area (Å²) < 4.78 is 0. The van der Waals surface area contributed by atoms with Gasteiger partial charge in [0.1, 0.15) is 15.3 Å². The number of halogens is 4. The monoisotopic (exact) mass is 430 g/mol. The lowest BCUT2D eigenvalue weighted by atomic mass is 10.3. The Hall–Kier alpha value is -1.37. The number of hydrazone groups is 1. The predicted octanol–water partition coefficient (Wildman–Crippen LogP) is 6.65. The van der Waals surface area contributed by atoms with Crippen LogP contribution in [-0.4, -0.2) is 15.7 Å². The Balaban J connectivity index is 1.84. The minimum absolute atomic E-state index is 0.319. The van der Waals surface area contributed by atoms with Crippen molar-refractivity contribution in [2.24, 2.45) is 5.10 Å². The first kappa shape index (κ1) is 18.4. The first-order valence-electron chi connectivity index (χ1n) is 6.97. The Bertz CT molecular complexity index is 915.